The molecule has 34 heavy (non-hydrogen) atoms. The fourth-order valence-electron chi connectivity index (χ4n) is 4.44. The Morgan fingerprint density at radius 2 is 1.94 bits per heavy atom. The monoisotopic (exact) mass is 540 g/mol. The molecule has 0 radical (unpaired) electrons. The van der Waals surface area contributed by atoms with Crippen LogP contribution in [0, 0.1) is 0 Å². The number of halogens is 1. The Hall–Kier alpha value is -1.92. The predicted octanol–water partition coefficient (Wildman–Crippen LogP) is 3.91. The van der Waals surface area contributed by atoms with E-state index < -0.39 is 16.1 Å². The van der Waals surface area contributed by atoms with Gasteiger partial charge in [-0.2, -0.15) is 4.31 Å². The number of thiophene rings is 1. The predicted molar refractivity (Wildman–Crippen MR) is 136 cm³/mol. The standard InChI is InChI=1S/C22H25ClN4O4S3/c1-2-31-15-5-6-16-18(14-15)32-22(24-16)26-12-10-25(11-13-26)21(28)17-4-3-9-27(17)34(29,30)20-8-7-19(23)33-20/h5-8,14,17H,2-4,9-13H2,1H3. The number of hydrogen-bond donors (Lipinski definition) is 0. The highest BCUT2D eigenvalue weighted by molar-refractivity contribution is 7.91. The number of aromatic nitrogens is 1. The summed E-state index contributed by atoms with van der Waals surface area (Å²) in [5.74, 6) is 0.718. The van der Waals surface area contributed by atoms with Gasteiger partial charge in [0.25, 0.3) is 10.0 Å². The van der Waals surface area contributed by atoms with Crippen molar-refractivity contribution in [1.82, 2.24) is 14.2 Å². The van der Waals surface area contributed by atoms with Crippen LogP contribution in [0.4, 0.5) is 5.13 Å². The molecule has 8 nitrogen and oxygen atoms in total. The van der Waals surface area contributed by atoms with E-state index in [2.05, 4.69) is 4.90 Å². The first kappa shape index (κ1) is 23.8. The summed E-state index contributed by atoms with van der Waals surface area (Å²) in [6, 6.07) is 8.33. The summed E-state index contributed by atoms with van der Waals surface area (Å²) in [7, 11) is -3.74. The first-order valence-electron chi connectivity index (χ1n) is 11.2. The third-order valence-corrected chi connectivity index (χ3v) is 10.8. The molecule has 4 heterocycles. The maximum absolute atomic E-state index is 13.3. The number of rotatable bonds is 6. The zero-order valence-corrected chi connectivity index (χ0v) is 21.9. The van der Waals surface area contributed by atoms with E-state index in [9.17, 15) is 13.2 Å². The second-order valence-corrected chi connectivity index (χ2v) is 13.0. The molecule has 0 saturated carbocycles. The molecule has 1 unspecified atom stereocenters. The molecule has 0 N–H and O–H groups in total. The van der Waals surface area contributed by atoms with Crippen molar-refractivity contribution in [1.29, 1.82) is 0 Å². The lowest BCUT2D eigenvalue weighted by molar-refractivity contribution is -0.134. The van der Waals surface area contributed by atoms with Gasteiger partial charge in [-0.05, 0) is 50.1 Å². The minimum Gasteiger partial charge on any atom is -0.494 e. The average Bonchev–Trinajstić information content (AvgIpc) is 3.58. The van der Waals surface area contributed by atoms with Gasteiger partial charge in [0.2, 0.25) is 5.91 Å². The molecule has 2 saturated heterocycles. The SMILES string of the molecule is CCOc1ccc2nc(N3CCN(C(=O)C4CCCN4S(=O)(=O)c4ccc(Cl)s4)CC3)sc2c1. The van der Waals surface area contributed by atoms with E-state index in [1.54, 1.807) is 22.3 Å². The summed E-state index contributed by atoms with van der Waals surface area (Å²) in [4.78, 5) is 22.1. The maximum atomic E-state index is 13.3. The molecule has 1 aromatic carbocycles. The lowest BCUT2D eigenvalue weighted by Crippen LogP contribution is -2.54. The number of fused-ring (bicyclic) bond motifs is 1. The first-order valence-corrected chi connectivity index (χ1v) is 14.7. The number of benzene rings is 1. The van der Waals surface area contributed by atoms with Crippen LogP contribution in [-0.2, 0) is 14.8 Å². The van der Waals surface area contributed by atoms with Crippen LogP contribution in [-0.4, -0.2) is 73.9 Å². The fourth-order valence-corrected chi connectivity index (χ4v) is 8.75. The number of hydrogen-bond acceptors (Lipinski definition) is 8. The highest BCUT2D eigenvalue weighted by atomic mass is 35.5. The molecule has 2 aliphatic heterocycles. The summed E-state index contributed by atoms with van der Waals surface area (Å²) in [5.41, 5.74) is 0.933. The molecule has 1 amide bonds. The molecule has 1 atom stereocenters. The molecule has 12 heteroatoms. The van der Waals surface area contributed by atoms with Gasteiger partial charge < -0.3 is 14.5 Å². The summed E-state index contributed by atoms with van der Waals surface area (Å²) in [6.07, 6.45) is 1.21. The average molecular weight is 541 g/mol. The Morgan fingerprint density at radius 3 is 2.65 bits per heavy atom. The van der Waals surface area contributed by atoms with Gasteiger partial charge in [0.1, 0.15) is 16.0 Å². The fraction of sp³-hybridized carbons (Fsp3) is 0.455. The summed E-state index contributed by atoms with van der Waals surface area (Å²) >= 11 is 8.59. The minimum absolute atomic E-state index is 0.117. The maximum Gasteiger partial charge on any atom is 0.253 e. The zero-order valence-electron chi connectivity index (χ0n) is 18.6. The van der Waals surface area contributed by atoms with Crippen molar-refractivity contribution in [3.8, 4) is 5.75 Å². The highest BCUT2D eigenvalue weighted by Gasteiger charge is 2.42. The molecule has 0 aliphatic carbocycles. The van der Waals surface area contributed by atoms with E-state index in [1.165, 1.54) is 10.4 Å². The molecule has 0 bridgehead atoms. The summed E-state index contributed by atoms with van der Waals surface area (Å²) in [5, 5.41) is 0.926. The molecule has 0 spiro atoms. The van der Waals surface area contributed by atoms with Crippen molar-refractivity contribution < 1.29 is 17.9 Å². The van der Waals surface area contributed by atoms with Gasteiger partial charge in [-0.15, -0.1) is 11.3 Å². The van der Waals surface area contributed by atoms with Gasteiger partial charge in [-0.3, -0.25) is 4.79 Å². The van der Waals surface area contributed by atoms with Crippen LogP contribution < -0.4 is 9.64 Å². The lowest BCUT2D eigenvalue weighted by Gasteiger charge is -2.37. The van der Waals surface area contributed by atoms with E-state index in [0.717, 1.165) is 32.4 Å². The topological polar surface area (TPSA) is 83.1 Å². The van der Waals surface area contributed by atoms with E-state index in [-0.39, 0.29) is 10.1 Å². The molecule has 182 valence electrons. The number of piperazine rings is 1. The Balaban J connectivity index is 1.25. The van der Waals surface area contributed by atoms with E-state index in [1.807, 2.05) is 25.1 Å². The van der Waals surface area contributed by atoms with Crippen LogP contribution >= 0.6 is 34.3 Å². The minimum atomic E-state index is -3.74. The van der Waals surface area contributed by atoms with Gasteiger partial charge in [0.15, 0.2) is 5.13 Å². The van der Waals surface area contributed by atoms with Gasteiger partial charge in [-0.25, -0.2) is 13.4 Å². The van der Waals surface area contributed by atoms with Crippen LogP contribution in [0.1, 0.15) is 19.8 Å². The number of nitrogens with zero attached hydrogens (tertiary/aromatic N) is 4. The van der Waals surface area contributed by atoms with Crippen molar-refractivity contribution >= 4 is 65.6 Å². The summed E-state index contributed by atoms with van der Waals surface area (Å²) < 4.78 is 34.8. The van der Waals surface area contributed by atoms with Gasteiger partial charge in [0.05, 0.1) is 21.2 Å². The van der Waals surface area contributed by atoms with E-state index >= 15 is 0 Å². The molecular formula is C22H25ClN4O4S3. The van der Waals surface area contributed by atoms with Crippen LogP contribution in [0.5, 0.6) is 5.75 Å². The summed E-state index contributed by atoms with van der Waals surface area (Å²) in [6.45, 7) is 5.31. The Bertz CT molecular complexity index is 1300. The van der Waals surface area contributed by atoms with Gasteiger partial charge in [0, 0.05) is 32.7 Å². The molecule has 2 aliphatic rings. The lowest BCUT2D eigenvalue weighted by atomic mass is 10.2. The number of thiazole rings is 1. The normalized spacial score (nSPS) is 19.8. The zero-order chi connectivity index (χ0) is 23.9. The molecule has 2 aromatic heterocycles. The molecule has 5 rings (SSSR count). The van der Waals surface area contributed by atoms with Crippen LogP contribution in [0.3, 0.4) is 0 Å². The van der Waals surface area contributed by atoms with Crippen molar-refractivity contribution in [2.45, 2.75) is 30.0 Å². The Kier molecular flexibility index (Phi) is 6.73. The van der Waals surface area contributed by atoms with Gasteiger partial charge in [-0.1, -0.05) is 22.9 Å². The van der Waals surface area contributed by atoms with Crippen LogP contribution in [0.25, 0.3) is 10.2 Å². The van der Waals surface area contributed by atoms with E-state index in [4.69, 9.17) is 21.3 Å². The van der Waals surface area contributed by atoms with Crippen LogP contribution in [0.2, 0.25) is 4.34 Å². The quantitative estimate of drug-likeness (QED) is 0.471. The second kappa shape index (κ2) is 9.62. The van der Waals surface area contributed by atoms with Crippen molar-refractivity contribution in [2.75, 3.05) is 44.2 Å². The molecule has 2 fully saturated rings. The third-order valence-electron chi connectivity index (χ3n) is 6.12. The molecule has 3 aromatic rings. The Labute approximate surface area is 211 Å². The van der Waals surface area contributed by atoms with Gasteiger partial charge >= 0.3 is 0 Å². The number of amides is 1. The number of carbonyl (C=O) groups is 1. The first-order chi connectivity index (χ1) is 16.4. The second-order valence-electron chi connectivity index (χ2n) is 8.20. The highest BCUT2D eigenvalue weighted by Crippen LogP contribution is 2.34. The number of ether oxygens (including phenoxy) is 1. The smallest absolute Gasteiger partial charge is 0.253 e. The van der Waals surface area contributed by atoms with E-state index in [0.29, 0.717) is 56.5 Å². The van der Waals surface area contributed by atoms with Crippen LogP contribution in [0.15, 0.2) is 34.5 Å². The number of anilines is 1. The number of sulfonamides is 1. The van der Waals surface area contributed by atoms with Crippen molar-refractivity contribution in [3.05, 3.63) is 34.7 Å². The largest absolute Gasteiger partial charge is 0.494 e. The Morgan fingerprint density at radius 1 is 1.15 bits per heavy atom. The molecular weight excluding hydrogens is 516 g/mol. The van der Waals surface area contributed by atoms with Crippen molar-refractivity contribution in [3.63, 3.8) is 0 Å². The third kappa shape index (κ3) is 4.51. The number of carbonyl (C=O) groups excluding carboxylic acids is 1. The van der Waals surface area contributed by atoms with Crippen molar-refractivity contribution in [2.24, 2.45) is 0 Å².